The molecule has 8 rings (SSSR count). The number of aromatic hydroxyl groups is 1. The van der Waals surface area contributed by atoms with Gasteiger partial charge in [-0.2, -0.15) is 18.2 Å². The molecule has 6 unspecified atom stereocenters. The molecule has 10 nitrogen and oxygen atoms in total. The third-order valence-corrected chi connectivity index (χ3v) is 12.2. The van der Waals surface area contributed by atoms with Gasteiger partial charge < -0.3 is 9.84 Å². The lowest BCUT2D eigenvalue weighted by atomic mass is 9.49. The van der Waals surface area contributed by atoms with Gasteiger partial charge in [-0.1, -0.05) is 69.0 Å². The first-order valence-corrected chi connectivity index (χ1v) is 18.6. The van der Waals surface area contributed by atoms with Gasteiger partial charge in [0.05, 0.1) is 46.6 Å². The summed E-state index contributed by atoms with van der Waals surface area (Å²) in [5.41, 5.74) is 1.60. The van der Waals surface area contributed by atoms with E-state index in [1.807, 2.05) is 6.08 Å². The Morgan fingerprint density at radius 3 is 2.31 bits per heavy atom. The summed E-state index contributed by atoms with van der Waals surface area (Å²) in [6.07, 6.45) is -2.25. The van der Waals surface area contributed by atoms with Crippen LogP contribution in [0.2, 0.25) is 10.0 Å². The van der Waals surface area contributed by atoms with Gasteiger partial charge in [0.25, 0.3) is 11.8 Å². The highest BCUT2D eigenvalue weighted by molar-refractivity contribution is 9.10. The number of nitrogens with zero attached hydrogens (tertiary/aromatic N) is 3. The van der Waals surface area contributed by atoms with Gasteiger partial charge in [0.1, 0.15) is 0 Å². The van der Waals surface area contributed by atoms with E-state index in [1.165, 1.54) is 18.1 Å². The quantitative estimate of drug-likeness (QED) is 0.147. The zero-order valence-corrected chi connectivity index (χ0v) is 31.6. The van der Waals surface area contributed by atoms with E-state index in [1.54, 1.807) is 60.7 Å². The summed E-state index contributed by atoms with van der Waals surface area (Å²) >= 11 is 16.0. The number of ether oxygens (including phenoxy) is 1. The Hall–Kier alpha value is -4.92. The molecule has 2 saturated heterocycles. The highest BCUT2D eigenvalue weighted by Crippen LogP contribution is 2.64. The number of fused-ring (bicyclic) bond motifs is 4. The van der Waals surface area contributed by atoms with E-state index in [9.17, 15) is 32.7 Å². The molecule has 2 aliphatic carbocycles. The minimum absolute atomic E-state index is 0.0501. The summed E-state index contributed by atoms with van der Waals surface area (Å²) in [7, 11) is 1.36. The molecule has 2 aliphatic heterocycles. The van der Waals surface area contributed by atoms with Crippen molar-refractivity contribution >= 4 is 74.3 Å². The minimum atomic E-state index is -4.76. The lowest BCUT2D eigenvalue weighted by Gasteiger charge is -2.50. The van der Waals surface area contributed by atoms with Crippen LogP contribution in [0.4, 0.5) is 24.7 Å². The van der Waals surface area contributed by atoms with E-state index in [2.05, 4.69) is 26.3 Å². The standard InChI is InChI=1S/C39H28BrCl2F3N4O6/c1-55-30-14-18(2-13-29(30)50)32-24-11-12-25-31(36(53)48(34(25)51)23-9-5-21(40)6-10-23)26(24)16-27-35(52)49(37(54)38(27,32)19-3-7-22(41)8-4-19)47-33-28(42)15-20(17-46-33)39(43,44)45/h2-11,13-15,17,25-27,31-32,50H,12,16H2,1H3,(H,46,47). The molecular weight excluding hydrogens is 828 g/mol. The summed E-state index contributed by atoms with van der Waals surface area (Å²) in [6.45, 7) is 0. The molecule has 1 aromatic heterocycles. The van der Waals surface area contributed by atoms with Gasteiger partial charge in [0, 0.05) is 21.6 Å². The van der Waals surface area contributed by atoms with Crippen molar-refractivity contribution in [2.45, 2.75) is 30.4 Å². The lowest BCUT2D eigenvalue weighted by molar-refractivity contribution is -0.139. The number of methoxy groups -OCH3 is 1. The Morgan fingerprint density at radius 1 is 0.945 bits per heavy atom. The number of benzene rings is 3. The minimum Gasteiger partial charge on any atom is -0.504 e. The van der Waals surface area contributed by atoms with Crippen LogP contribution in [-0.4, -0.2) is 45.8 Å². The second kappa shape index (κ2) is 13.4. The Morgan fingerprint density at radius 2 is 1.65 bits per heavy atom. The maximum absolute atomic E-state index is 15.3. The van der Waals surface area contributed by atoms with Gasteiger partial charge >= 0.3 is 6.18 Å². The van der Waals surface area contributed by atoms with E-state index in [0.717, 1.165) is 9.48 Å². The van der Waals surface area contributed by atoms with Crippen LogP contribution in [0.3, 0.4) is 0 Å². The number of alkyl halides is 3. The highest BCUT2D eigenvalue weighted by Gasteiger charge is 2.70. The maximum Gasteiger partial charge on any atom is 0.417 e. The molecule has 16 heteroatoms. The number of aromatic nitrogens is 1. The Bertz CT molecular complexity index is 2330. The number of amides is 4. The fourth-order valence-electron chi connectivity index (χ4n) is 8.88. The second-order valence-electron chi connectivity index (χ2n) is 13.8. The normalized spacial score (nSPS) is 26.1. The first-order chi connectivity index (χ1) is 26.2. The molecule has 3 heterocycles. The number of halogens is 6. The predicted octanol–water partition coefficient (Wildman–Crippen LogP) is 8.07. The van der Waals surface area contributed by atoms with E-state index in [4.69, 9.17) is 27.9 Å². The molecule has 1 saturated carbocycles. The molecule has 4 aromatic rings. The first-order valence-electron chi connectivity index (χ1n) is 17.0. The molecular formula is C39H28BrCl2F3N4O6. The van der Waals surface area contributed by atoms with Gasteiger partial charge in [-0.05, 0) is 84.5 Å². The maximum atomic E-state index is 15.3. The molecule has 3 aromatic carbocycles. The number of carbonyl (C=O) groups is 4. The zero-order valence-electron chi connectivity index (χ0n) is 28.5. The second-order valence-corrected chi connectivity index (χ2v) is 15.6. The van der Waals surface area contributed by atoms with Gasteiger partial charge in [-0.3, -0.25) is 29.5 Å². The number of phenolic OH excluding ortho intramolecular Hbond substituents is 1. The Labute approximate surface area is 330 Å². The average Bonchev–Trinajstić information content (AvgIpc) is 3.53. The third-order valence-electron chi connectivity index (χ3n) is 11.2. The van der Waals surface area contributed by atoms with Gasteiger partial charge in [0.15, 0.2) is 17.3 Å². The van der Waals surface area contributed by atoms with Crippen LogP contribution >= 0.6 is 39.1 Å². The van der Waals surface area contributed by atoms with Gasteiger partial charge in [-0.25, -0.2) is 4.98 Å². The van der Waals surface area contributed by atoms with Gasteiger partial charge in [-0.15, -0.1) is 0 Å². The average molecular weight is 856 g/mol. The number of allylic oxidation sites excluding steroid dienone is 2. The number of pyridine rings is 1. The largest absolute Gasteiger partial charge is 0.504 e. The number of anilines is 2. The van der Waals surface area contributed by atoms with Gasteiger partial charge in [0.2, 0.25) is 11.8 Å². The lowest BCUT2D eigenvalue weighted by Crippen LogP contribution is -2.53. The third kappa shape index (κ3) is 5.71. The number of nitrogens with one attached hydrogen (secondary N) is 1. The first kappa shape index (κ1) is 37.0. The van der Waals surface area contributed by atoms with Crippen LogP contribution in [0.1, 0.15) is 35.4 Å². The zero-order chi connectivity index (χ0) is 39.1. The van der Waals surface area contributed by atoms with Crippen LogP contribution in [0.15, 0.2) is 95.1 Å². The monoisotopic (exact) mass is 854 g/mol. The Kier molecular flexibility index (Phi) is 9.01. The molecule has 4 aliphatic rings. The summed E-state index contributed by atoms with van der Waals surface area (Å²) in [5, 5.41) is 11.2. The number of imide groups is 2. The van der Waals surface area contributed by atoms with E-state index in [-0.39, 0.29) is 36.1 Å². The fraction of sp³-hybridized carbons (Fsp3) is 0.256. The van der Waals surface area contributed by atoms with Crippen molar-refractivity contribution in [2.75, 3.05) is 17.4 Å². The summed E-state index contributed by atoms with van der Waals surface area (Å²) in [4.78, 5) is 63.6. The van der Waals surface area contributed by atoms with Crippen LogP contribution < -0.4 is 15.1 Å². The van der Waals surface area contributed by atoms with Crippen molar-refractivity contribution in [1.29, 1.82) is 0 Å². The molecule has 0 spiro atoms. The van der Waals surface area contributed by atoms with Crippen LogP contribution in [0.5, 0.6) is 11.5 Å². The fourth-order valence-corrected chi connectivity index (χ4v) is 9.48. The van der Waals surface area contributed by atoms with E-state index in [0.29, 0.717) is 39.7 Å². The molecule has 2 N–H and O–H groups in total. The molecule has 4 amide bonds. The predicted molar refractivity (Wildman–Crippen MR) is 198 cm³/mol. The van der Waals surface area contributed by atoms with Crippen LogP contribution in [0.25, 0.3) is 0 Å². The smallest absolute Gasteiger partial charge is 0.417 e. The number of hydrogen-bond acceptors (Lipinski definition) is 8. The number of phenols is 1. The highest BCUT2D eigenvalue weighted by atomic mass is 79.9. The van der Waals surface area contributed by atoms with Crippen molar-refractivity contribution in [1.82, 2.24) is 9.99 Å². The van der Waals surface area contributed by atoms with Crippen LogP contribution in [0, 0.1) is 23.7 Å². The van der Waals surface area contributed by atoms with Crippen molar-refractivity contribution < 1.29 is 42.2 Å². The van der Waals surface area contributed by atoms with Crippen LogP contribution in [-0.2, 0) is 30.8 Å². The summed E-state index contributed by atoms with van der Waals surface area (Å²) in [6, 6.07) is 18.4. The number of carbonyl (C=O) groups excluding carboxylic acids is 4. The number of hydrogen-bond donors (Lipinski definition) is 2. The van der Waals surface area contributed by atoms with E-state index < -0.39 is 69.5 Å². The molecule has 6 atom stereocenters. The summed E-state index contributed by atoms with van der Waals surface area (Å²) in [5.74, 6) is -7.37. The van der Waals surface area contributed by atoms with Crippen molar-refractivity contribution in [3.8, 4) is 11.5 Å². The molecule has 0 radical (unpaired) electrons. The molecule has 282 valence electrons. The molecule has 55 heavy (non-hydrogen) atoms. The number of rotatable bonds is 6. The topological polar surface area (TPSA) is 129 Å². The Balaban J connectivity index is 1.32. The SMILES string of the molecule is COc1cc(C2C3=CCC4C(=O)N(c5ccc(Br)cc5)C(=O)C4C3CC3C(=O)N(Nc4ncc(C(F)(F)F)cc4Cl)C(=O)C32c2ccc(Cl)cc2)ccc1O. The summed E-state index contributed by atoms with van der Waals surface area (Å²) < 4.78 is 46.7. The molecule has 0 bridgehead atoms. The van der Waals surface area contributed by atoms with Crippen molar-refractivity contribution in [3.63, 3.8) is 0 Å². The molecule has 3 fully saturated rings. The van der Waals surface area contributed by atoms with Crippen molar-refractivity contribution in [2.24, 2.45) is 23.7 Å². The van der Waals surface area contributed by atoms with Crippen molar-refractivity contribution in [3.05, 3.63) is 122 Å². The number of hydrazine groups is 1. The van der Waals surface area contributed by atoms with E-state index >= 15 is 4.79 Å².